The van der Waals surface area contributed by atoms with Crippen LogP contribution in [0.3, 0.4) is 0 Å². The third-order valence-corrected chi connectivity index (χ3v) is 2.26. The average Bonchev–Trinajstić information content (AvgIpc) is 2.29. The predicted molar refractivity (Wildman–Crippen MR) is 39.5 cm³/mol. The van der Waals surface area contributed by atoms with Crippen LogP contribution in [0.4, 0.5) is 4.79 Å². The van der Waals surface area contributed by atoms with Gasteiger partial charge in [0.25, 0.3) is 5.91 Å². The second-order valence-electron chi connectivity index (χ2n) is 3.12. The van der Waals surface area contributed by atoms with Crippen molar-refractivity contribution in [3.63, 3.8) is 0 Å². The minimum atomic E-state index is -0.907. The molecule has 0 aromatic rings. The Morgan fingerprint density at radius 1 is 1.42 bits per heavy atom. The molecular weight excluding hydrogens is 160 g/mol. The van der Waals surface area contributed by atoms with Crippen molar-refractivity contribution in [1.29, 1.82) is 0 Å². The van der Waals surface area contributed by atoms with Crippen molar-refractivity contribution in [3.8, 4) is 0 Å². The number of carbonyl (C=O) groups excluding carboxylic acids is 2. The number of hydrogen-bond donors (Lipinski definition) is 2. The Hall–Kier alpha value is -1.10. The molecule has 2 aliphatic heterocycles. The first kappa shape index (κ1) is 7.54. The summed E-state index contributed by atoms with van der Waals surface area (Å²) < 4.78 is 4.94. The van der Waals surface area contributed by atoms with E-state index in [1.165, 1.54) is 0 Å². The zero-order valence-electron chi connectivity index (χ0n) is 6.55. The third-order valence-electron chi connectivity index (χ3n) is 2.26. The van der Waals surface area contributed by atoms with Gasteiger partial charge in [-0.05, 0) is 19.4 Å². The van der Waals surface area contributed by atoms with Crippen molar-refractivity contribution in [2.24, 2.45) is 0 Å². The van der Waals surface area contributed by atoms with Gasteiger partial charge in [-0.25, -0.2) is 4.79 Å². The lowest BCUT2D eigenvalue weighted by molar-refractivity contribution is -0.132. The first-order valence-electron chi connectivity index (χ1n) is 3.98. The van der Waals surface area contributed by atoms with Gasteiger partial charge in [-0.15, -0.1) is 0 Å². The highest BCUT2D eigenvalue weighted by molar-refractivity contribution is 6.03. The van der Waals surface area contributed by atoms with Crippen LogP contribution in [0.2, 0.25) is 0 Å². The molecular formula is C7H10N2O3. The molecule has 1 unspecified atom stereocenters. The molecule has 0 bridgehead atoms. The maximum atomic E-state index is 11.3. The maximum Gasteiger partial charge on any atom is 0.415 e. The summed E-state index contributed by atoms with van der Waals surface area (Å²) in [7, 11) is 0. The first-order valence-corrected chi connectivity index (χ1v) is 3.98. The monoisotopic (exact) mass is 170 g/mol. The Bertz CT molecular complexity index is 233. The average molecular weight is 170 g/mol. The number of amides is 2. The molecule has 2 saturated heterocycles. The second kappa shape index (κ2) is 2.45. The van der Waals surface area contributed by atoms with Gasteiger partial charge in [-0.1, -0.05) is 0 Å². The summed E-state index contributed by atoms with van der Waals surface area (Å²) in [5.41, 5.74) is -0.907. The van der Waals surface area contributed by atoms with E-state index in [0.29, 0.717) is 13.0 Å². The van der Waals surface area contributed by atoms with E-state index >= 15 is 0 Å². The Balaban J connectivity index is 2.18. The molecule has 5 heteroatoms. The quantitative estimate of drug-likeness (QED) is 0.508. The summed E-state index contributed by atoms with van der Waals surface area (Å²) in [4.78, 5) is 22.0. The van der Waals surface area contributed by atoms with Crippen LogP contribution in [-0.2, 0) is 9.53 Å². The fourth-order valence-corrected chi connectivity index (χ4v) is 1.61. The van der Waals surface area contributed by atoms with Crippen LogP contribution in [0, 0.1) is 0 Å². The van der Waals surface area contributed by atoms with Gasteiger partial charge in [0.1, 0.15) is 0 Å². The van der Waals surface area contributed by atoms with Crippen LogP contribution in [0.5, 0.6) is 0 Å². The molecule has 1 spiro atoms. The zero-order valence-corrected chi connectivity index (χ0v) is 6.55. The molecule has 2 heterocycles. The number of carbonyl (C=O) groups is 2. The molecule has 0 aromatic heterocycles. The topological polar surface area (TPSA) is 67.4 Å². The SMILES string of the molecule is O=C1NC(=O)C2(CCCNC2)O1. The molecule has 5 nitrogen and oxygen atoms in total. The number of piperidine rings is 1. The summed E-state index contributed by atoms with van der Waals surface area (Å²) >= 11 is 0. The van der Waals surface area contributed by atoms with Crippen molar-refractivity contribution >= 4 is 12.0 Å². The van der Waals surface area contributed by atoms with Crippen LogP contribution >= 0.6 is 0 Å². The van der Waals surface area contributed by atoms with Gasteiger partial charge >= 0.3 is 6.09 Å². The van der Waals surface area contributed by atoms with Crippen molar-refractivity contribution in [1.82, 2.24) is 10.6 Å². The van der Waals surface area contributed by atoms with Crippen LogP contribution in [0.15, 0.2) is 0 Å². The smallest absolute Gasteiger partial charge is 0.415 e. The Morgan fingerprint density at radius 3 is 2.75 bits per heavy atom. The summed E-state index contributed by atoms with van der Waals surface area (Å²) in [6.45, 7) is 1.32. The molecule has 2 amide bonds. The number of ether oxygens (including phenoxy) is 1. The molecule has 0 aliphatic carbocycles. The van der Waals surface area contributed by atoms with Gasteiger partial charge in [0.2, 0.25) is 5.60 Å². The number of hydrogen-bond acceptors (Lipinski definition) is 4. The van der Waals surface area contributed by atoms with E-state index in [0.717, 1.165) is 13.0 Å². The summed E-state index contributed by atoms with van der Waals surface area (Å²) in [5, 5.41) is 5.17. The molecule has 66 valence electrons. The molecule has 2 rings (SSSR count). The lowest BCUT2D eigenvalue weighted by Crippen LogP contribution is -2.51. The number of alkyl carbamates (subject to hydrolysis) is 1. The maximum absolute atomic E-state index is 11.3. The fraction of sp³-hybridized carbons (Fsp3) is 0.714. The van der Waals surface area contributed by atoms with E-state index in [1.54, 1.807) is 0 Å². The van der Waals surface area contributed by atoms with E-state index in [9.17, 15) is 9.59 Å². The molecule has 2 aliphatic rings. The van der Waals surface area contributed by atoms with Crippen molar-refractivity contribution < 1.29 is 14.3 Å². The standard InChI is InChI=1S/C7H10N2O3/c10-5-7(12-6(11)9-5)2-1-3-8-4-7/h8H,1-4H2,(H,9,10,11). The van der Waals surface area contributed by atoms with Gasteiger partial charge in [0.15, 0.2) is 0 Å². The molecule has 1 atom stereocenters. The van der Waals surface area contributed by atoms with Crippen molar-refractivity contribution in [2.45, 2.75) is 18.4 Å². The highest BCUT2D eigenvalue weighted by Gasteiger charge is 2.49. The highest BCUT2D eigenvalue weighted by atomic mass is 16.6. The van der Waals surface area contributed by atoms with E-state index < -0.39 is 11.7 Å². The molecule has 2 N–H and O–H groups in total. The van der Waals surface area contributed by atoms with Gasteiger partial charge in [0, 0.05) is 6.54 Å². The predicted octanol–water partition coefficient (Wildman–Crippen LogP) is -0.625. The minimum Gasteiger partial charge on any atom is -0.431 e. The van der Waals surface area contributed by atoms with Gasteiger partial charge < -0.3 is 10.1 Å². The summed E-state index contributed by atoms with van der Waals surface area (Å²) in [6, 6.07) is 0. The van der Waals surface area contributed by atoms with Gasteiger partial charge in [0.05, 0.1) is 0 Å². The number of rotatable bonds is 0. The summed E-state index contributed by atoms with van der Waals surface area (Å²) in [6.07, 6.45) is 0.863. The number of imide groups is 1. The van der Waals surface area contributed by atoms with Gasteiger partial charge in [-0.2, -0.15) is 0 Å². The van der Waals surface area contributed by atoms with E-state index in [1.807, 2.05) is 0 Å². The molecule has 0 radical (unpaired) electrons. The van der Waals surface area contributed by atoms with Crippen molar-refractivity contribution in [3.05, 3.63) is 0 Å². The van der Waals surface area contributed by atoms with E-state index in [-0.39, 0.29) is 5.91 Å². The zero-order chi connectivity index (χ0) is 8.60. The van der Waals surface area contributed by atoms with E-state index in [2.05, 4.69) is 10.6 Å². The molecule has 2 fully saturated rings. The second-order valence-corrected chi connectivity index (χ2v) is 3.12. The molecule has 0 saturated carbocycles. The number of nitrogens with one attached hydrogen (secondary N) is 2. The lowest BCUT2D eigenvalue weighted by atomic mass is 9.94. The van der Waals surface area contributed by atoms with E-state index in [4.69, 9.17) is 4.74 Å². The van der Waals surface area contributed by atoms with Crippen LogP contribution < -0.4 is 10.6 Å². The Kier molecular flexibility index (Phi) is 1.54. The first-order chi connectivity index (χ1) is 5.73. The molecule has 12 heavy (non-hydrogen) atoms. The normalized spacial score (nSPS) is 35.0. The lowest BCUT2D eigenvalue weighted by Gasteiger charge is -2.28. The Morgan fingerprint density at radius 2 is 2.25 bits per heavy atom. The highest BCUT2D eigenvalue weighted by Crippen LogP contribution is 2.24. The van der Waals surface area contributed by atoms with Crippen LogP contribution in [0.1, 0.15) is 12.8 Å². The van der Waals surface area contributed by atoms with Crippen molar-refractivity contribution in [2.75, 3.05) is 13.1 Å². The van der Waals surface area contributed by atoms with Gasteiger partial charge in [-0.3, -0.25) is 10.1 Å². The fourth-order valence-electron chi connectivity index (χ4n) is 1.61. The van der Waals surface area contributed by atoms with Crippen LogP contribution in [0.25, 0.3) is 0 Å². The Labute approximate surface area is 69.5 Å². The summed E-state index contributed by atoms with van der Waals surface area (Å²) in [5.74, 6) is -0.306. The largest absolute Gasteiger partial charge is 0.431 e. The third kappa shape index (κ3) is 0.972. The minimum absolute atomic E-state index is 0.306. The molecule has 0 aromatic carbocycles. The van der Waals surface area contributed by atoms with Crippen LogP contribution in [-0.4, -0.2) is 30.7 Å².